The zero-order valence-corrected chi connectivity index (χ0v) is 20.0. The van der Waals surface area contributed by atoms with Gasteiger partial charge in [0.1, 0.15) is 0 Å². The van der Waals surface area contributed by atoms with E-state index in [-0.39, 0.29) is 29.3 Å². The standard InChI is InChI=1S/C24H25F6N3O2S/c25-23(26,27)16-6-5-15(17(12-16)24(28,29)30)13-33-9-7-14(8-10-33)11-20-21(32-22(35)36-20)31-18-3-1-2-4-19(18)34/h5-6,11-12,14,19,34H,1-4,7-10,13H2/b20-11-,31-18?/t19-/m1/s1. The van der Waals surface area contributed by atoms with E-state index in [2.05, 4.69) is 9.98 Å². The van der Waals surface area contributed by atoms with E-state index in [0.29, 0.717) is 61.3 Å². The van der Waals surface area contributed by atoms with Gasteiger partial charge in [-0.05, 0) is 80.6 Å². The highest BCUT2D eigenvalue weighted by molar-refractivity contribution is 8.18. The van der Waals surface area contributed by atoms with Gasteiger partial charge in [0.25, 0.3) is 0 Å². The summed E-state index contributed by atoms with van der Waals surface area (Å²) < 4.78 is 79.2. The van der Waals surface area contributed by atoms with Gasteiger partial charge in [-0.3, -0.25) is 9.69 Å². The SMILES string of the molecule is O=C1N=C(N=C2CCCC[C@H]2O)/C(=C/C2CCN(Cc3ccc(C(F)(F)F)cc3C(F)(F)F)CC2)S1. The normalized spacial score (nSPS) is 25.1. The molecule has 1 saturated heterocycles. The lowest BCUT2D eigenvalue weighted by atomic mass is 9.94. The van der Waals surface area contributed by atoms with E-state index in [0.717, 1.165) is 30.7 Å². The number of aliphatic imine (C=N–C) groups is 2. The van der Waals surface area contributed by atoms with Crippen molar-refractivity contribution in [2.75, 3.05) is 13.1 Å². The number of aliphatic hydroxyl groups excluding tert-OH is 1. The van der Waals surface area contributed by atoms with Gasteiger partial charge in [-0.25, -0.2) is 4.99 Å². The second kappa shape index (κ2) is 10.7. The van der Waals surface area contributed by atoms with E-state index < -0.39 is 29.6 Å². The molecule has 0 aromatic heterocycles. The molecule has 0 bridgehead atoms. The number of nitrogens with zero attached hydrogens (tertiary/aromatic N) is 3. The number of rotatable bonds is 3. The Hall–Kier alpha value is -2.18. The van der Waals surface area contributed by atoms with E-state index in [1.165, 1.54) is 0 Å². The number of carbonyl (C=O) groups excluding carboxylic acids is 1. The highest BCUT2D eigenvalue weighted by atomic mass is 32.2. The van der Waals surface area contributed by atoms with Crippen molar-refractivity contribution in [3.8, 4) is 0 Å². The number of amidine groups is 1. The lowest BCUT2D eigenvalue weighted by Gasteiger charge is -2.31. The minimum absolute atomic E-state index is 0.0472. The highest BCUT2D eigenvalue weighted by Gasteiger charge is 2.38. The molecule has 5 nitrogen and oxygen atoms in total. The number of likely N-dealkylation sites (tertiary alicyclic amines) is 1. The zero-order valence-electron chi connectivity index (χ0n) is 19.2. The Labute approximate surface area is 208 Å². The smallest absolute Gasteiger partial charge is 0.387 e. The molecule has 0 radical (unpaired) electrons. The van der Waals surface area contributed by atoms with Crippen LogP contribution in [-0.2, 0) is 18.9 Å². The van der Waals surface area contributed by atoms with Gasteiger partial charge in [-0.15, -0.1) is 0 Å². The van der Waals surface area contributed by atoms with Crippen molar-refractivity contribution in [2.45, 2.75) is 63.5 Å². The average Bonchev–Trinajstić information content (AvgIpc) is 3.14. The number of halogens is 6. The van der Waals surface area contributed by atoms with Crippen LogP contribution in [0.3, 0.4) is 0 Å². The fraction of sp³-hybridized carbons (Fsp3) is 0.542. The van der Waals surface area contributed by atoms with Gasteiger partial charge in [-0.2, -0.15) is 31.3 Å². The number of hydrogen-bond donors (Lipinski definition) is 1. The third kappa shape index (κ3) is 6.57. The van der Waals surface area contributed by atoms with Gasteiger partial charge in [0.2, 0.25) is 0 Å². The Kier molecular flexibility index (Phi) is 7.96. The van der Waals surface area contributed by atoms with Gasteiger partial charge in [0.05, 0.1) is 22.1 Å². The molecule has 12 heteroatoms. The number of carbonyl (C=O) groups is 1. The average molecular weight is 534 g/mol. The summed E-state index contributed by atoms with van der Waals surface area (Å²) in [6, 6.07) is 1.76. The van der Waals surface area contributed by atoms with E-state index in [1.54, 1.807) is 4.90 Å². The maximum absolute atomic E-state index is 13.5. The van der Waals surface area contributed by atoms with Gasteiger partial charge >= 0.3 is 17.6 Å². The number of amides is 1. The van der Waals surface area contributed by atoms with Crippen LogP contribution < -0.4 is 0 Å². The van der Waals surface area contributed by atoms with E-state index in [9.17, 15) is 36.2 Å². The molecule has 36 heavy (non-hydrogen) atoms. The summed E-state index contributed by atoms with van der Waals surface area (Å²) in [5.41, 5.74) is -2.17. The molecule has 2 aliphatic heterocycles. The van der Waals surface area contributed by atoms with Gasteiger partial charge in [-0.1, -0.05) is 18.6 Å². The van der Waals surface area contributed by atoms with Crippen molar-refractivity contribution in [3.63, 3.8) is 0 Å². The van der Waals surface area contributed by atoms with E-state index in [4.69, 9.17) is 0 Å². The minimum atomic E-state index is -4.89. The van der Waals surface area contributed by atoms with E-state index >= 15 is 0 Å². The molecule has 4 rings (SSSR count). The van der Waals surface area contributed by atoms with Crippen LogP contribution in [-0.4, -0.2) is 46.0 Å². The second-order valence-corrected chi connectivity index (χ2v) is 10.2. The van der Waals surface area contributed by atoms with Crippen LogP contribution in [0.1, 0.15) is 55.2 Å². The van der Waals surface area contributed by atoms with E-state index in [1.807, 2.05) is 6.08 Å². The van der Waals surface area contributed by atoms with Crippen LogP contribution in [0.5, 0.6) is 0 Å². The van der Waals surface area contributed by atoms with Crippen LogP contribution in [0.25, 0.3) is 0 Å². The quantitative estimate of drug-likeness (QED) is 0.453. The Morgan fingerprint density at radius 2 is 1.81 bits per heavy atom. The van der Waals surface area contributed by atoms with Crippen molar-refractivity contribution < 1.29 is 36.2 Å². The fourth-order valence-corrected chi connectivity index (χ4v) is 5.39. The number of allylic oxidation sites excluding steroid dienone is 1. The van der Waals surface area contributed by atoms with Gasteiger partial charge < -0.3 is 5.11 Å². The molecule has 1 N–H and O–H groups in total. The number of piperidine rings is 1. The summed E-state index contributed by atoms with van der Waals surface area (Å²) in [7, 11) is 0. The maximum atomic E-state index is 13.5. The predicted molar refractivity (Wildman–Crippen MR) is 125 cm³/mol. The Balaban J connectivity index is 1.42. The summed E-state index contributed by atoms with van der Waals surface area (Å²) in [6.45, 7) is 0.790. The Morgan fingerprint density at radius 3 is 2.44 bits per heavy atom. The molecular formula is C24H25F6N3O2S. The largest absolute Gasteiger partial charge is 0.416 e. The van der Waals surface area contributed by atoms with Crippen LogP contribution in [0.4, 0.5) is 31.1 Å². The summed E-state index contributed by atoms with van der Waals surface area (Å²) in [6.07, 6.45) is -4.17. The molecule has 1 aromatic carbocycles. The Morgan fingerprint density at radius 1 is 1.08 bits per heavy atom. The molecule has 1 aromatic rings. The predicted octanol–water partition coefficient (Wildman–Crippen LogP) is 6.46. The number of aliphatic hydroxyl groups is 1. The van der Waals surface area contributed by atoms with Crippen molar-refractivity contribution >= 4 is 28.5 Å². The maximum Gasteiger partial charge on any atom is 0.416 e. The number of thioether (sulfide) groups is 1. The number of benzene rings is 1. The molecular weight excluding hydrogens is 508 g/mol. The van der Waals surface area contributed by atoms with Crippen LogP contribution in [0.2, 0.25) is 0 Å². The zero-order chi connectivity index (χ0) is 26.1. The van der Waals surface area contributed by atoms with Crippen LogP contribution in [0, 0.1) is 5.92 Å². The first-order chi connectivity index (χ1) is 16.9. The summed E-state index contributed by atoms with van der Waals surface area (Å²) in [5.74, 6) is 0.342. The van der Waals surface area contributed by atoms with Crippen molar-refractivity contribution in [2.24, 2.45) is 15.9 Å². The molecule has 1 atom stereocenters. The third-order valence-corrected chi connectivity index (χ3v) is 7.37. The molecule has 2 fully saturated rings. The van der Waals surface area contributed by atoms with Crippen molar-refractivity contribution in [1.29, 1.82) is 0 Å². The summed E-state index contributed by atoms with van der Waals surface area (Å²) in [5, 5.41) is 9.77. The molecule has 1 aliphatic carbocycles. The fourth-order valence-electron chi connectivity index (χ4n) is 4.62. The first kappa shape index (κ1) is 26.9. The third-order valence-electron chi connectivity index (χ3n) is 6.57. The summed E-state index contributed by atoms with van der Waals surface area (Å²) in [4.78, 5) is 22.7. The van der Waals surface area contributed by atoms with Crippen molar-refractivity contribution in [1.82, 2.24) is 4.90 Å². The topological polar surface area (TPSA) is 65.3 Å². The van der Waals surface area contributed by atoms with Crippen molar-refractivity contribution in [3.05, 3.63) is 45.9 Å². The molecule has 1 saturated carbocycles. The van der Waals surface area contributed by atoms with Gasteiger partial charge in [0.15, 0.2) is 5.84 Å². The highest BCUT2D eigenvalue weighted by Crippen LogP contribution is 2.38. The lowest BCUT2D eigenvalue weighted by molar-refractivity contribution is -0.143. The molecule has 196 valence electrons. The van der Waals surface area contributed by atoms with Crippen LogP contribution >= 0.6 is 11.8 Å². The Bertz CT molecular complexity index is 1090. The monoisotopic (exact) mass is 533 g/mol. The molecule has 1 amide bonds. The van der Waals surface area contributed by atoms with Crippen LogP contribution in [0.15, 0.2) is 39.2 Å². The number of alkyl halides is 6. The molecule has 0 spiro atoms. The van der Waals surface area contributed by atoms with Gasteiger partial charge in [0, 0.05) is 12.3 Å². The first-order valence-corrected chi connectivity index (χ1v) is 12.5. The molecule has 2 heterocycles. The lowest BCUT2D eigenvalue weighted by Crippen LogP contribution is -2.33. The summed E-state index contributed by atoms with van der Waals surface area (Å²) >= 11 is 0.968. The second-order valence-electron chi connectivity index (χ2n) is 9.18. The molecule has 3 aliphatic rings. The minimum Gasteiger partial charge on any atom is -0.387 e. The molecule has 0 unspecified atom stereocenters. The first-order valence-electron chi connectivity index (χ1n) is 11.7. The number of hydrogen-bond acceptors (Lipinski definition) is 5.